The quantitative estimate of drug-likeness (QED) is 0.840. The van der Waals surface area contributed by atoms with Crippen molar-refractivity contribution in [2.24, 2.45) is 5.92 Å². The molecule has 2 heterocycles. The van der Waals surface area contributed by atoms with Crippen LogP contribution in [0.25, 0.3) is 0 Å². The predicted molar refractivity (Wildman–Crippen MR) is 72.8 cm³/mol. The summed E-state index contributed by atoms with van der Waals surface area (Å²) in [5, 5.41) is 0.491. The van der Waals surface area contributed by atoms with Crippen molar-refractivity contribution < 1.29 is 4.79 Å². The van der Waals surface area contributed by atoms with E-state index in [9.17, 15) is 4.79 Å². The van der Waals surface area contributed by atoms with Crippen molar-refractivity contribution in [3.8, 4) is 0 Å². The molecule has 1 fully saturated rings. The highest BCUT2D eigenvalue weighted by atomic mass is 35.5. The average Bonchev–Trinajstić information content (AvgIpc) is 2.40. The number of hydrogen-bond donors (Lipinski definition) is 0. The summed E-state index contributed by atoms with van der Waals surface area (Å²) < 4.78 is 0. The SMILES string of the molecule is CCCC1CCN(C(=O)c2cnccc2Cl)CC1. The van der Waals surface area contributed by atoms with Gasteiger partial charge in [-0.2, -0.15) is 0 Å². The molecular formula is C14H19ClN2O. The summed E-state index contributed by atoms with van der Waals surface area (Å²) in [5.74, 6) is 0.798. The van der Waals surface area contributed by atoms with Crippen LogP contribution in [0.15, 0.2) is 18.5 Å². The van der Waals surface area contributed by atoms with E-state index >= 15 is 0 Å². The number of piperidine rings is 1. The number of nitrogens with zero attached hydrogens (tertiary/aromatic N) is 2. The van der Waals surface area contributed by atoms with Gasteiger partial charge in [-0.05, 0) is 24.8 Å². The van der Waals surface area contributed by atoms with Gasteiger partial charge in [0, 0.05) is 25.5 Å². The Labute approximate surface area is 113 Å². The summed E-state index contributed by atoms with van der Waals surface area (Å²) in [6.45, 7) is 3.90. The fraction of sp³-hybridized carbons (Fsp3) is 0.571. The average molecular weight is 267 g/mol. The van der Waals surface area contributed by atoms with Gasteiger partial charge in [0.05, 0.1) is 10.6 Å². The minimum Gasteiger partial charge on any atom is -0.339 e. The van der Waals surface area contributed by atoms with Gasteiger partial charge in [0.15, 0.2) is 0 Å². The van der Waals surface area contributed by atoms with Crippen molar-refractivity contribution in [1.29, 1.82) is 0 Å². The molecule has 0 aliphatic carbocycles. The molecule has 4 heteroatoms. The first-order valence-electron chi connectivity index (χ1n) is 6.61. The van der Waals surface area contributed by atoms with Gasteiger partial charge >= 0.3 is 0 Å². The fourth-order valence-electron chi connectivity index (χ4n) is 2.54. The van der Waals surface area contributed by atoms with E-state index in [1.165, 1.54) is 12.8 Å². The van der Waals surface area contributed by atoms with Gasteiger partial charge in [0.2, 0.25) is 0 Å². The Morgan fingerprint density at radius 2 is 2.22 bits per heavy atom. The van der Waals surface area contributed by atoms with E-state index in [2.05, 4.69) is 11.9 Å². The second-order valence-electron chi connectivity index (χ2n) is 4.88. The lowest BCUT2D eigenvalue weighted by Gasteiger charge is -2.32. The largest absolute Gasteiger partial charge is 0.339 e. The number of carbonyl (C=O) groups is 1. The minimum atomic E-state index is 0.0167. The highest BCUT2D eigenvalue weighted by Gasteiger charge is 2.24. The lowest BCUT2D eigenvalue weighted by Crippen LogP contribution is -2.38. The highest BCUT2D eigenvalue weighted by molar-refractivity contribution is 6.33. The van der Waals surface area contributed by atoms with E-state index in [-0.39, 0.29) is 5.91 Å². The van der Waals surface area contributed by atoms with Crippen molar-refractivity contribution in [3.05, 3.63) is 29.0 Å². The third-order valence-corrected chi connectivity index (χ3v) is 3.93. The smallest absolute Gasteiger partial charge is 0.256 e. The van der Waals surface area contributed by atoms with E-state index in [0.717, 1.165) is 31.8 Å². The van der Waals surface area contributed by atoms with Crippen molar-refractivity contribution in [1.82, 2.24) is 9.88 Å². The lowest BCUT2D eigenvalue weighted by molar-refractivity contribution is 0.0686. The Morgan fingerprint density at radius 1 is 1.50 bits per heavy atom. The number of likely N-dealkylation sites (tertiary alicyclic amines) is 1. The standard InChI is InChI=1S/C14H19ClN2O/c1-2-3-11-5-8-17(9-6-11)14(18)12-10-16-7-4-13(12)15/h4,7,10-11H,2-3,5-6,8-9H2,1H3. The molecule has 0 atom stereocenters. The summed E-state index contributed by atoms with van der Waals surface area (Å²) in [6.07, 6.45) is 7.88. The maximum Gasteiger partial charge on any atom is 0.256 e. The molecule has 0 aromatic carbocycles. The first-order valence-corrected chi connectivity index (χ1v) is 6.99. The molecule has 0 unspecified atom stereocenters. The molecule has 1 aromatic rings. The maximum absolute atomic E-state index is 12.3. The normalized spacial score (nSPS) is 16.9. The molecule has 98 valence electrons. The Kier molecular flexibility index (Phi) is 4.59. The van der Waals surface area contributed by atoms with E-state index < -0.39 is 0 Å². The topological polar surface area (TPSA) is 33.2 Å². The summed E-state index contributed by atoms with van der Waals surface area (Å²) >= 11 is 6.03. The van der Waals surface area contributed by atoms with Crippen LogP contribution in [0.2, 0.25) is 5.02 Å². The number of hydrogen-bond acceptors (Lipinski definition) is 2. The van der Waals surface area contributed by atoms with Crippen molar-refractivity contribution >= 4 is 17.5 Å². The highest BCUT2D eigenvalue weighted by Crippen LogP contribution is 2.24. The first-order chi connectivity index (χ1) is 8.72. The summed E-state index contributed by atoms with van der Waals surface area (Å²) in [6, 6.07) is 1.67. The van der Waals surface area contributed by atoms with Crippen LogP contribution in [-0.2, 0) is 0 Å². The van der Waals surface area contributed by atoms with E-state index in [4.69, 9.17) is 11.6 Å². The summed E-state index contributed by atoms with van der Waals surface area (Å²) in [4.78, 5) is 18.2. The second kappa shape index (κ2) is 6.19. The molecule has 3 nitrogen and oxygen atoms in total. The number of carbonyl (C=O) groups excluding carboxylic acids is 1. The molecular weight excluding hydrogens is 248 g/mol. The van der Waals surface area contributed by atoms with E-state index in [0.29, 0.717) is 10.6 Å². The van der Waals surface area contributed by atoms with E-state index in [1.54, 1.807) is 18.5 Å². The number of amides is 1. The molecule has 18 heavy (non-hydrogen) atoms. The third kappa shape index (κ3) is 3.02. The zero-order valence-electron chi connectivity index (χ0n) is 10.7. The first kappa shape index (κ1) is 13.3. The number of pyridine rings is 1. The molecule has 1 amide bonds. The molecule has 0 saturated carbocycles. The molecule has 0 bridgehead atoms. The maximum atomic E-state index is 12.3. The molecule has 1 aromatic heterocycles. The van der Waals surface area contributed by atoms with Crippen molar-refractivity contribution in [2.45, 2.75) is 32.6 Å². The summed E-state index contributed by atoms with van der Waals surface area (Å²) in [5.41, 5.74) is 0.521. The Morgan fingerprint density at radius 3 is 2.83 bits per heavy atom. The van der Waals surface area contributed by atoms with Crippen LogP contribution in [0.5, 0.6) is 0 Å². The molecule has 0 N–H and O–H groups in total. The van der Waals surface area contributed by atoms with Gasteiger partial charge in [0.1, 0.15) is 0 Å². The van der Waals surface area contributed by atoms with Crippen LogP contribution in [0.1, 0.15) is 43.0 Å². The zero-order chi connectivity index (χ0) is 13.0. The van der Waals surface area contributed by atoms with Gasteiger partial charge in [-0.1, -0.05) is 31.4 Å². The van der Waals surface area contributed by atoms with E-state index in [1.807, 2.05) is 4.90 Å². The van der Waals surface area contributed by atoms with Gasteiger partial charge in [-0.25, -0.2) is 0 Å². The zero-order valence-corrected chi connectivity index (χ0v) is 11.5. The van der Waals surface area contributed by atoms with Crippen molar-refractivity contribution in [2.75, 3.05) is 13.1 Å². The minimum absolute atomic E-state index is 0.0167. The molecule has 0 radical (unpaired) electrons. The molecule has 1 saturated heterocycles. The molecule has 1 aliphatic rings. The molecule has 1 aliphatic heterocycles. The fourth-order valence-corrected chi connectivity index (χ4v) is 2.72. The molecule has 2 rings (SSSR count). The molecule has 0 spiro atoms. The lowest BCUT2D eigenvalue weighted by atomic mass is 9.92. The van der Waals surface area contributed by atoms with Crippen LogP contribution in [0, 0.1) is 5.92 Å². The third-order valence-electron chi connectivity index (χ3n) is 3.60. The Balaban J connectivity index is 1.98. The van der Waals surface area contributed by atoms with Crippen LogP contribution in [0.4, 0.5) is 0 Å². The predicted octanol–water partition coefficient (Wildman–Crippen LogP) is 3.39. The Hall–Kier alpha value is -1.09. The number of rotatable bonds is 3. The Bertz CT molecular complexity index is 414. The van der Waals surface area contributed by atoms with Crippen LogP contribution in [-0.4, -0.2) is 28.9 Å². The van der Waals surface area contributed by atoms with Gasteiger partial charge < -0.3 is 4.90 Å². The second-order valence-corrected chi connectivity index (χ2v) is 5.29. The number of aromatic nitrogens is 1. The summed E-state index contributed by atoms with van der Waals surface area (Å²) in [7, 11) is 0. The van der Waals surface area contributed by atoms with Gasteiger partial charge in [0.25, 0.3) is 5.91 Å². The van der Waals surface area contributed by atoms with Gasteiger partial charge in [-0.3, -0.25) is 9.78 Å². The number of halogens is 1. The monoisotopic (exact) mass is 266 g/mol. The van der Waals surface area contributed by atoms with Crippen LogP contribution >= 0.6 is 11.6 Å². The van der Waals surface area contributed by atoms with Crippen LogP contribution in [0.3, 0.4) is 0 Å². The van der Waals surface area contributed by atoms with Crippen molar-refractivity contribution in [3.63, 3.8) is 0 Å². The van der Waals surface area contributed by atoms with Gasteiger partial charge in [-0.15, -0.1) is 0 Å². The van der Waals surface area contributed by atoms with Crippen LogP contribution < -0.4 is 0 Å².